The third kappa shape index (κ3) is 1.20. The van der Waals surface area contributed by atoms with Gasteiger partial charge in [-0.25, -0.2) is 0 Å². The number of hydrogen-bond donors (Lipinski definition) is 0. The van der Waals surface area contributed by atoms with Crippen molar-refractivity contribution in [2.45, 2.75) is 44.6 Å². The van der Waals surface area contributed by atoms with Crippen LogP contribution in [0.25, 0.3) is 0 Å². The SMILES string of the molecule is C1CCCC2OCC2CC1. The van der Waals surface area contributed by atoms with Gasteiger partial charge in [0.25, 0.3) is 0 Å². The summed E-state index contributed by atoms with van der Waals surface area (Å²) in [5, 5.41) is 0. The molecule has 2 atom stereocenters. The number of fused-ring (bicyclic) bond motifs is 1. The summed E-state index contributed by atoms with van der Waals surface area (Å²) in [6, 6.07) is 0. The minimum Gasteiger partial charge on any atom is -0.377 e. The van der Waals surface area contributed by atoms with Crippen LogP contribution in [0.3, 0.4) is 0 Å². The largest absolute Gasteiger partial charge is 0.377 e. The van der Waals surface area contributed by atoms with Crippen molar-refractivity contribution in [3.63, 3.8) is 0 Å². The van der Waals surface area contributed by atoms with Gasteiger partial charge in [0.2, 0.25) is 0 Å². The van der Waals surface area contributed by atoms with Gasteiger partial charge in [0.1, 0.15) is 0 Å². The van der Waals surface area contributed by atoms with Crippen LogP contribution >= 0.6 is 0 Å². The average Bonchev–Trinajstić information content (AvgIpc) is 1.89. The third-order valence-electron chi connectivity index (χ3n) is 2.86. The molecule has 2 aliphatic rings. The molecule has 1 nitrogen and oxygen atoms in total. The first-order valence-electron chi connectivity index (χ1n) is 4.58. The summed E-state index contributed by atoms with van der Waals surface area (Å²) in [5.74, 6) is 0.945. The van der Waals surface area contributed by atoms with E-state index in [4.69, 9.17) is 4.74 Å². The van der Waals surface area contributed by atoms with E-state index in [9.17, 15) is 0 Å². The maximum Gasteiger partial charge on any atom is 0.0625 e. The van der Waals surface area contributed by atoms with Crippen LogP contribution in [-0.4, -0.2) is 12.7 Å². The molecule has 2 fully saturated rings. The lowest BCUT2D eigenvalue weighted by Gasteiger charge is -2.38. The highest BCUT2D eigenvalue weighted by atomic mass is 16.5. The fraction of sp³-hybridized carbons (Fsp3) is 1.00. The number of rotatable bonds is 0. The quantitative estimate of drug-likeness (QED) is 0.502. The standard InChI is InChI=1S/C9H16O/c1-2-4-6-9-8(5-3-1)7-10-9/h8-9H,1-7H2. The normalized spacial score (nSPS) is 40.8. The zero-order valence-corrected chi connectivity index (χ0v) is 6.51. The van der Waals surface area contributed by atoms with Crippen LogP contribution < -0.4 is 0 Å². The Labute approximate surface area is 62.8 Å². The van der Waals surface area contributed by atoms with Crippen LogP contribution in [0.1, 0.15) is 38.5 Å². The predicted molar refractivity (Wildman–Crippen MR) is 40.9 cm³/mol. The maximum absolute atomic E-state index is 5.47. The zero-order chi connectivity index (χ0) is 6.81. The van der Waals surface area contributed by atoms with Crippen molar-refractivity contribution in [3.05, 3.63) is 0 Å². The first-order chi connectivity index (χ1) is 4.97. The molecule has 1 heterocycles. The van der Waals surface area contributed by atoms with E-state index in [0.29, 0.717) is 6.10 Å². The second kappa shape index (κ2) is 2.91. The molecular weight excluding hydrogens is 124 g/mol. The molecule has 0 amide bonds. The molecule has 58 valence electrons. The summed E-state index contributed by atoms with van der Waals surface area (Å²) in [4.78, 5) is 0. The van der Waals surface area contributed by atoms with Crippen molar-refractivity contribution in [3.8, 4) is 0 Å². The monoisotopic (exact) mass is 140 g/mol. The summed E-state index contributed by atoms with van der Waals surface area (Å²) in [5.41, 5.74) is 0. The highest BCUT2D eigenvalue weighted by Gasteiger charge is 2.31. The molecule has 2 rings (SSSR count). The summed E-state index contributed by atoms with van der Waals surface area (Å²) < 4.78 is 5.47. The first-order valence-corrected chi connectivity index (χ1v) is 4.58. The molecule has 0 radical (unpaired) electrons. The first kappa shape index (κ1) is 6.66. The molecule has 0 spiro atoms. The van der Waals surface area contributed by atoms with Crippen LogP contribution in [0.2, 0.25) is 0 Å². The Bertz CT molecular complexity index is 97.3. The predicted octanol–water partition coefficient (Wildman–Crippen LogP) is 2.36. The van der Waals surface area contributed by atoms with Crippen molar-refractivity contribution >= 4 is 0 Å². The second-order valence-corrected chi connectivity index (χ2v) is 3.62. The Morgan fingerprint density at radius 3 is 2.40 bits per heavy atom. The highest BCUT2D eigenvalue weighted by Crippen LogP contribution is 2.31. The molecule has 1 aliphatic heterocycles. The molecule has 2 unspecified atom stereocenters. The van der Waals surface area contributed by atoms with Crippen molar-refractivity contribution in [1.29, 1.82) is 0 Å². The van der Waals surface area contributed by atoms with Gasteiger partial charge in [0, 0.05) is 5.92 Å². The van der Waals surface area contributed by atoms with Crippen LogP contribution in [-0.2, 0) is 4.74 Å². The highest BCUT2D eigenvalue weighted by molar-refractivity contribution is 4.79. The van der Waals surface area contributed by atoms with Crippen LogP contribution in [0.4, 0.5) is 0 Å². The Hall–Kier alpha value is -0.0400. The Balaban J connectivity index is 1.83. The van der Waals surface area contributed by atoms with E-state index in [2.05, 4.69) is 0 Å². The van der Waals surface area contributed by atoms with Gasteiger partial charge in [-0.1, -0.05) is 25.7 Å². The summed E-state index contributed by atoms with van der Waals surface area (Å²) >= 11 is 0. The van der Waals surface area contributed by atoms with Crippen molar-refractivity contribution < 1.29 is 4.74 Å². The molecule has 0 aromatic rings. The average molecular weight is 140 g/mol. The van der Waals surface area contributed by atoms with Crippen molar-refractivity contribution in [1.82, 2.24) is 0 Å². The Morgan fingerprint density at radius 1 is 0.900 bits per heavy atom. The van der Waals surface area contributed by atoms with E-state index in [1.165, 1.54) is 38.5 Å². The molecule has 1 heteroatoms. The lowest BCUT2D eigenvalue weighted by Crippen LogP contribution is -2.40. The Morgan fingerprint density at radius 2 is 1.70 bits per heavy atom. The molecule has 0 aromatic heterocycles. The number of hydrogen-bond acceptors (Lipinski definition) is 1. The van der Waals surface area contributed by atoms with E-state index in [1.54, 1.807) is 0 Å². The molecule has 0 N–H and O–H groups in total. The van der Waals surface area contributed by atoms with Crippen molar-refractivity contribution in [2.24, 2.45) is 5.92 Å². The topological polar surface area (TPSA) is 9.23 Å². The second-order valence-electron chi connectivity index (χ2n) is 3.62. The van der Waals surface area contributed by atoms with Gasteiger partial charge in [0.15, 0.2) is 0 Å². The van der Waals surface area contributed by atoms with Crippen molar-refractivity contribution in [2.75, 3.05) is 6.61 Å². The van der Waals surface area contributed by atoms with E-state index in [-0.39, 0.29) is 0 Å². The maximum atomic E-state index is 5.47. The smallest absolute Gasteiger partial charge is 0.0625 e. The summed E-state index contributed by atoms with van der Waals surface area (Å²) in [6.45, 7) is 1.06. The molecule has 1 saturated heterocycles. The molecule has 10 heavy (non-hydrogen) atoms. The van der Waals surface area contributed by atoms with Crippen LogP contribution in [0.5, 0.6) is 0 Å². The number of ether oxygens (including phenoxy) is 1. The summed E-state index contributed by atoms with van der Waals surface area (Å²) in [6.07, 6.45) is 9.19. The van der Waals surface area contributed by atoms with Crippen LogP contribution in [0.15, 0.2) is 0 Å². The van der Waals surface area contributed by atoms with E-state index < -0.39 is 0 Å². The lowest BCUT2D eigenvalue weighted by molar-refractivity contribution is -0.124. The molecule has 1 aliphatic carbocycles. The van der Waals surface area contributed by atoms with E-state index in [0.717, 1.165) is 12.5 Å². The van der Waals surface area contributed by atoms with Gasteiger partial charge in [-0.2, -0.15) is 0 Å². The van der Waals surface area contributed by atoms with Gasteiger partial charge in [-0.05, 0) is 12.8 Å². The third-order valence-corrected chi connectivity index (χ3v) is 2.86. The van der Waals surface area contributed by atoms with Gasteiger partial charge in [-0.3, -0.25) is 0 Å². The van der Waals surface area contributed by atoms with Gasteiger partial charge in [0.05, 0.1) is 12.7 Å². The minimum atomic E-state index is 0.667. The van der Waals surface area contributed by atoms with Crippen LogP contribution in [0, 0.1) is 5.92 Å². The van der Waals surface area contributed by atoms with E-state index in [1.807, 2.05) is 0 Å². The Kier molecular flexibility index (Phi) is 1.94. The minimum absolute atomic E-state index is 0.667. The molecule has 1 saturated carbocycles. The van der Waals surface area contributed by atoms with E-state index >= 15 is 0 Å². The van der Waals surface area contributed by atoms with Gasteiger partial charge >= 0.3 is 0 Å². The summed E-state index contributed by atoms with van der Waals surface area (Å²) in [7, 11) is 0. The van der Waals surface area contributed by atoms with Gasteiger partial charge in [-0.15, -0.1) is 0 Å². The zero-order valence-electron chi connectivity index (χ0n) is 6.51. The lowest BCUT2D eigenvalue weighted by atomic mass is 9.86. The molecule has 0 bridgehead atoms. The fourth-order valence-electron chi connectivity index (χ4n) is 2.06. The molecular formula is C9H16O. The van der Waals surface area contributed by atoms with Gasteiger partial charge < -0.3 is 4.74 Å². The molecule has 0 aromatic carbocycles. The fourth-order valence-corrected chi connectivity index (χ4v) is 2.06.